The molecule has 0 amide bonds. The van der Waals surface area contributed by atoms with Crippen molar-refractivity contribution < 1.29 is 13.9 Å². The van der Waals surface area contributed by atoms with E-state index in [4.69, 9.17) is 4.74 Å². The number of hydrogen-bond donors (Lipinski definition) is 0. The second kappa shape index (κ2) is 6.17. The molecule has 0 radical (unpaired) electrons. The van der Waals surface area contributed by atoms with Crippen molar-refractivity contribution >= 4 is 17.5 Å². The molecule has 1 fully saturated rings. The van der Waals surface area contributed by atoms with Gasteiger partial charge in [-0.2, -0.15) is 0 Å². The number of carbonyl (C=O) groups is 1. The molecule has 1 aromatic rings. The lowest BCUT2D eigenvalue weighted by atomic mass is 9.96. The fraction of sp³-hybridized carbons (Fsp3) is 0.462. The summed E-state index contributed by atoms with van der Waals surface area (Å²) in [4.78, 5) is 12.7. The summed E-state index contributed by atoms with van der Waals surface area (Å²) in [5.74, 6) is 0.551. The van der Waals surface area contributed by atoms with Gasteiger partial charge in [-0.1, -0.05) is 6.07 Å². The average Bonchev–Trinajstić information content (AvgIpc) is 2.37. The SMILES string of the molecule is O=C(CSc1cccc(F)c1)C1CCOCC1. The normalized spacial score (nSPS) is 17.0. The van der Waals surface area contributed by atoms with Gasteiger partial charge < -0.3 is 4.74 Å². The summed E-state index contributed by atoms with van der Waals surface area (Å²) in [6, 6.07) is 6.36. The Morgan fingerprint density at radius 1 is 1.41 bits per heavy atom. The van der Waals surface area contributed by atoms with Gasteiger partial charge in [-0.3, -0.25) is 4.79 Å². The largest absolute Gasteiger partial charge is 0.381 e. The number of ether oxygens (including phenoxy) is 1. The van der Waals surface area contributed by atoms with E-state index in [1.165, 1.54) is 23.9 Å². The van der Waals surface area contributed by atoms with Crippen LogP contribution in [0.1, 0.15) is 12.8 Å². The molecule has 17 heavy (non-hydrogen) atoms. The standard InChI is InChI=1S/C13H15FO2S/c14-11-2-1-3-12(8-11)17-9-13(15)10-4-6-16-7-5-10/h1-3,8,10H,4-7,9H2. The molecule has 0 atom stereocenters. The van der Waals surface area contributed by atoms with Gasteiger partial charge in [-0.05, 0) is 31.0 Å². The van der Waals surface area contributed by atoms with Gasteiger partial charge in [0, 0.05) is 24.0 Å². The van der Waals surface area contributed by atoms with Gasteiger partial charge in [-0.25, -0.2) is 4.39 Å². The van der Waals surface area contributed by atoms with Gasteiger partial charge in [0.1, 0.15) is 11.6 Å². The van der Waals surface area contributed by atoms with E-state index >= 15 is 0 Å². The number of hydrogen-bond acceptors (Lipinski definition) is 3. The Bertz CT molecular complexity index is 389. The molecule has 1 aliphatic heterocycles. The minimum absolute atomic E-state index is 0.129. The van der Waals surface area contributed by atoms with Crippen molar-refractivity contribution in [2.45, 2.75) is 17.7 Å². The molecule has 0 aliphatic carbocycles. The molecular formula is C13H15FO2S. The Morgan fingerprint density at radius 3 is 2.88 bits per heavy atom. The predicted molar refractivity (Wildman–Crippen MR) is 65.7 cm³/mol. The maximum atomic E-state index is 12.9. The average molecular weight is 254 g/mol. The zero-order valence-corrected chi connectivity index (χ0v) is 10.3. The Balaban J connectivity index is 1.83. The van der Waals surface area contributed by atoms with E-state index in [-0.39, 0.29) is 17.5 Å². The van der Waals surface area contributed by atoms with Crippen LogP contribution < -0.4 is 0 Å². The molecule has 0 bridgehead atoms. The lowest BCUT2D eigenvalue weighted by molar-refractivity contribution is -0.123. The van der Waals surface area contributed by atoms with Crippen molar-refractivity contribution in [3.05, 3.63) is 30.1 Å². The van der Waals surface area contributed by atoms with E-state index in [9.17, 15) is 9.18 Å². The highest BCUT2D eigenvalue weighted by Gasteiger charge is 2.21. The summed E-state index contributed by atoms with van der Waals surface area (Å²) in [5, 5.41) is 0. The smallest absolute Gasteiger partial charge is 0.146 e. The highest BCUT2D eigenvalue weighted by Crippen LogP contribution is 2.23. The van der Waals surface area contributed by atoms with Crippen molar-refractivity contribution in [2.75, 3.05) is 19.0 Å². The first-order valence-corrected chi connectivity index (χ1v) is 6.73. The first-order chi connectivity index (χ1) is 8.25. The summed E-state index contributed by atoms with van der Waals surface area (Å²) in [5.41, 5.74) is 0. The third-order valence-electron chi connectivity index (χ3n) is 2.85. The van der Waals surface area contributed by atoms with Crippen LogP contribution in [0.3, 0.4) is 0 Å². The molecule has 1 saturated heterocycles. The number of rotatable bonds is 4. The highest BCUT2D eigenvalue weighted by atomic mass is 32.2. The lowest BCUT2D eigenvalue weighted by Gasteiger charge is -2.20. The molecule has 0 N–H and O–H groups in total. The number of carbonyl (C=O) groups excluding carboxylic acids is 1. The van der Waals surface area contributed by atoms with Crippen LogP contribution in [0.2, 0.25) is 0 Å². The number of ketones is 1. The molecule has 4 heteroatoms. The Hall–Kier alpha value is -0.870. The maximum absolute atomic E-state index is 12.9. The van der Waals surface area contributed by atoms with E-state index in [1.807, 2.05) is 6.07 Å². The predicted octanol–water partition coefficient (Wildman–Crippen LogP) is 2.91. The molecule has 1 aromatic carbocycles. The summed E-state index contributed by atoms with van der Waals surface area (Å²) in [7, 11) is 0. The Labute approximate surface area is 105 Å². The van der Waals surface area contributed by atoms with Crippen LogP contribution in [-0.2, 0) is 9.53 Å². The monoisotopic (exact) mass is 254 g/mol. The quantitative estimate of drug-likeness (QED) is 0.773. The molecule has 2 rings (SSSR count). The molecule has 1 heterocycles. The van der Waals surface area contributed by atoms with Crippen LogP contribution >= 0.6 is 11.8 Å². The van der Waals surface area contributed by atoms with Crippen molar-refractivity contribution in [1.29, 1.82) is 0 Å². The van der Waals surface area contributed by atoms with Crippen LogP contribution in [0.5, 0.6) is 0 Å². The summed E-state index contributed by atoms with van der Waals surface area (Å²) < 4.78 is 18.2. The van der Waals surface area contributed by atoms with E-state index in [1.54, 1.807) is 6.07 Å². The molecule has 0 aromatic heterocycles. The van der Waals surface area contributed by atoms with Gasteiger partial charge >= 0.3 is 0 Å². The zero-order valence-electron chi connectivity index (χ0n) is 9.52. The topological polar surface area (TPSA) is 26.3 Å². The van der Waals surface area contributed by atoms with Crippen LogP contribution in [0, 0.1) is 11.7 Å². The fourth-order valence-electron chi connectivity index (χ4n) is 1.85. The van der Waals surface area contributed by atoms with Crippen molar-refractivity contribution in [3.8, 4) is 0 Å². The Morgan fingerprint density at radius 2 is 2.18 bits per heavy atom. The third kappa shape index (κ3) is 3.82. The molecule has 0 spiro atoms. The van der Waals surface area contributed by atoms with E-state index in [2.05, 4.69) is 0 Å². The van der Waals surface area contributed by atoms with E-state index in [0.717, 1.165) is 17.7 Å². The summed E-state index contributed by atoms with van der Waals surface area (Å²) in [6.07, 6.45) is 1.64. The van der Waals surface area contributed by atoms with Gasteiger partial charge in [-0.15, -0.1) is 11.8 Å². The number of benzene rings is 1. The van der Waals surface area contributed by atoms with Crippen LogP contribution in [0.25, 0.3) is 0 Å². The molecule has 1 aliphatic rings. The second-order valence-corrected chi connectivity index (χ2v) is 5.15. The van der Waals surface area contributed by atoms with E-state index < -0.39 is 0 Å². The molecule has 92 valence electrons. The van der Waals surface area contributed by atoms with Crippen LogP contribution in [-0.4, -0.2) is 24.7 Å². The number of thioether (sulfide) groups is 1. The van der Waals surface area contributed by atoms with Crippen molar-refractivity contribution in [2.24, 2.45) is 5.92 Å². The molecule has 2 nitrogen and oxygen atoms in total. The number of Topliss-reactive ketones (excluding diaryl/α,β-unsaturated/α-hetero) is 1. The fourth-order valence-corrected chi connectivity index (χ4v) is 2.76. The van der Waals surface area contributed by atoms with Gasteiger partial charge in [0.05, 0.1) is 5.75 Å². The molecule has 0 unspecified atom stereocenters. The first kappa shape index (κ1) is 12.6. The Kier molecular flexibility index (Phi) is 4.57. The summed E-state index contributed by atoms with van der Waals surface area (Å²) in [6.45, 7) is 1.36. The highest BCUT2D eigenvalue weighted by molar-refractivity contribution is 8.00. The van der Waals surface area contributed by atoms with Crippen molar-refractivity contribution in [3.63, 3.8) is 0 Å². The summed E-state index contributed by atoms with van der Waals surface area (Å²) >= 11 is 1.41. The van der Waals surface area contributed by atoms with Gasteiger partial charge in [0.15, 0.2) is 0 Å². The number of halogens is 1. The second-order valence-electron chi connectivity index (χ2n) is 4.10. The minimum atomic E-state index is -0.256. The third-order valence-corrected chi connectivity index (χ3v) is 3.87. The van der Waals surface area contributed by atoms with Gasteiger partial charge in [0.25, 0.3) is 0 Å². The van der Waals surface area contributed by atoms with Gasteiger partial charge in [0.2, 0.25) is 0 Å². The minimum Gasteiger partial charge on any atom is -0.381 e. The lowest BCUT2D eigenvalue weighted by Crippen LogP contribution is -2.24. The molecular weight excluding hydrogens is 239 g/mol. The zero-order chi connectivity index (χ0) is 12.1. The van der Waals surface area contributed by atoms with E-state index in [0.29, 0.717) is 19.0 Å². The van der Waals surface area contributed by atoms with Crippen molar-refractivity contribution in [1.82, 2.24) is 0 Å². The van der Waals surface area contributed by atoms with Crippen LogP contribution in [0.15, 0.2) is 29.2 Å². The van der Waals surface area contributed by atoms with Crippen LogP contribution in [0.4, 0.5) is 4.39 Å². The maximum Gasteiger partial charge on any atom is 0.146 e. The molecule has 0 saturated carbocycles. The first-order valence-electron chi connectivity index (χ1n) is 5.74.